The molecule has 1 heterocycles. The van der Waals surface area contributed by atoms with Crippen LogP contribution in [0.15, 0.2) is 24.3 Å². The van der Waals surface area contributed by atoms with Crippen LogP contribution in [0.4, 0.5) is 0 Å². The third-order valence-corrected chi connectivity index (χ3v) is 7.29. The van der Waals surface area contributed by atoms with E-state index >= 15 is 0 Å². The van der Waals surface area contributed by atoms with Crippen LogP contribution in [0.1, 0.15) is 51.0 Å². The lowest BCUT2D eigenvalue weighted by Gasteiger charge is -2.40. The summed E-state index contributed by atoms with van der Waals surface area (Å²) in [5.41, 5.74) is 1.08. The van der Waals surface area contributed by atoms with Gasteiger partial charge in [-0.25, -0.2) is 0 Å². The standard InChI is InChI=1S/C25H38ClN3O3.ClH/c1-18(17-30)24(31)29(21-7-5-4-6-8-21)22-13-14-28(16-22)25(32)23(27(2)3)15-19-9-11-20(26)12-10-19;/h9-12,18,21-23,30H,4-8,13-17H2,1-3H3;1H/t18-,22+,23-;/m1./s1. The van der Waals surface area contributed by atoms with E-state index in [1.807, 2.05) is 53.1 Å². The molecular formula is C25H39Cl2N3O3. The first kappa shape index (κ1) is 27.9. The fourth-order valence-corrected chi connectivity index (χ4v) is 5.19. The highest BCUT2D eigenvalue weighted by molar-refractivity contribution is 6.30. The summed E-state index contributed by atoms with van der Waals surface area (Å²) in [6.07, 6.45) is 6.96. The number of carbonyl (C=O) groups is 2. The molecule has 3 atom stereocenters. The summed E-state index contributed by atoms with van der Waals surface area (Å²) in [6.45, 7) is 2.90. The lowest BCUT2D eigenvalue weighted by Crippen LogP contribution is -2.52. The molecule has 3 rings (SSSR count). The van der Waals surface area contributed by atoms with Crippen molar-refractivity contribution in [3.8, 4) is 0 Å². The molecule has 1 aliphatic heterocycles. The highest BCUT2D eigenvalue weighted by Gasteiger charge is 2.39. The molecule has 186 valence electrons. The van der Waals surface area contributed by atoms with E-state index in [1.165, 1.54) is 6.42 Å². The first-order chi connectivity index (χ1) is 15.3. The van der Waals surface area contributed by atoms with Gasteiger partial charge in [0.2, 0.25) is 11.8 Å². The van der Waals surface area contributed by atoms with Gasteiger partial charge >= 0.3 is 0 Å². The van der Waals surface area contributed by atoms with Gasteiger partial charge in [-0.3, -0.25) is 14.5 Å². The van der Waals surface area contributed by atoms with Crippen LogP contribution >= 0.6 is 24.0 Å². The molecule has 1 aliphatic carbocycles. The van der Waals surface area contributed by atoms with E-state index in [4.69, 9.17) is 11.6 Å². The monoisotopic (exact) mass is 499 g/mol. The van der Waals surface area contributed by atoms with Crippen LogP contribution in [-0.4, -0.2) is 83.5 Å². The molecule has 2 aliphatic rings. The third kappa shape index (κ3) is 7.08. The fraction of sp³-hybridized carbons (Fsp3) is 0.680. The second kappa shape index (κ2) is 12.9. The van der Waals surface area contributed by atoms with Gasteiger partial charge in [-0.2, -0.15) is 0 Å². The zero-order valence-corrected chi connectivity index (χ0v) is 21.7. The number of aliphatic hydroxyl groups excluding tert-OH is 1. The minimum Gasteiger partial charge on any atom is -0.396 e. The van der Waals surface area contributed by atoms with Gasteiger partial charge < -0.3 is 14.9 Å². The highest BCUT2D eigenvalue weighted by atomic mass is 35.5. The molecule has 2 amide bonds. The van der Waals surface area contributed by atoms with Gasteiger partial charge in [0.25, 0.3) is 0 Å². The van der Waals surface area contributed by atoms with Crippen molar-refractivity contribution >= 4 is 35.8 Å². The first-order valence-corrected chi connectivity index (χ1v) is 12.3. The predicted octanol–water partition coefficient (Wildman–Crippen LogP) is 3.63. The molecule has 33 heavy (non-hydrogen) atoms. The summed E-state index contributed by atoms with van der Waals surface area (Å²) in [6, 6.07) is 7.65. The van der Waals surface area contributed by atoms with Gasteiger partial charge in [0.05, 0.1) is 24.6 Å². The Morgan fingerprint density at radius 3 is 2.30 bits per heavy atom. The maximum absolute atomic E-state index is 13.5. The van der Waals surface area contributed by atoms with Crippen molar-refractivity contribution < 1.29 is 14.7 Å². The molecule has 0 spiro atoms. The van der Waals surface area contributed by atoms with Crippen LogP contribution in [0, 0.1) is 5.92 Å². The van der Waals surface area contributed by atoms with Crippen LogP contribution in [0.3, 0.4) is 0 Å². The predicted molar refractivity (Wildman–Crippen MR) is 135 cm³/mol. The summed E-state index contributed by atoms with van der Waals surface area (Å²) in [5, 5.41) is 10.3. The molecule has 6 nitrogen and oxygen atoms in total. The Kier molecular flexibility index (Phi) is 10.9. The van der Waals surface area contributed by atoms with Crippen LogP contribution in [0.2, 0.25) is 5.02 Å². The Morgan fingerprint density at radius 1 is 1.09 bits per heavy atom. The van der Waals surface area contributed by atoms with E-state index in [-0.39, 0.29) is 49.0 Å². The van der Waals surface area contributed by atoms with Gasteiger partial charge in [-0.1, -0.05) is 49.9 Å². The van der Waals surface area contributed by atoms with Crippen molar-refractivity contribution in [2.45, 2.75) is 70.0 Å². The second-order valence-corrected chi connectivity index (χ2v) is 10.1. The highest BCUT2D eigenvalue weighted by Crippen LogP contribution is 2.29. The largest absolute Gasteiger partial charge is 0.396 e. The van der Waals surface area contributed by atoms with Crippen molar-refractivity contribution in [1.82, 2.24) is 14.7 Å². The number of benzene rings is 1. The first-order valence-electron chi connectivity index (χ1n) is 11.9. The minimum absolute atomic E-state index is 0. The number of rotatable bonds is 8. The lowest BCUT2D eigenvalue weighted by molar-refractivity contribution is -0.143. The van der Waals surface area contributed by atoms with Crippen LogP contribution < -0.4 is 0 Å². The number of carbonyl (C=O) groups excluding carboxylic acids is 2. The molecular weight excluding hydrogens is 461 g/mol. The third-order valence-electron chi connectivity index (χ3n) is 7.04. The van der Waals surface area contributed by atoms with Crippen molar-refractivity contribution in [2.24, 2.45) is 5.92 Å². The maximum Gasteiger partial charge on any atom is 0.240 e. The summed E-state index contributed by atoms with van der Waals surface area (Å²) in [5.74, 6) is -0.260. The number of hydrogen-bond acceptors (Lipinski definition) is 4. The van der Waals surface area contributed by atoms with Crippen molar-refractivity contribution in [3.05, 3.63) is 34.9 Å². The molecule has 0 unspecified atom stereocenters. The molecule has 0 bridgehead atoms. The summed E-state index contributed by atoms with van der Waals surface area (Å²) in [4.78, 5) is 32.6. The number of amides is 2. The Bertz CT molecular complexity index is 769. The van der Waals surface area contributed by atoms with E-state index < -0.39 is 5.92 Å². The van der Waals surface area contributed by atoms with E-state index in [0.29, 0.717) is 24.5 Å². The average Bonchev–Trinajstić information content (AvgIpc) is 3.28. The van der Waals surface area contributed by atoms with E-state index in [1.54, 1.807) is 6.92 Å². The molecule has 8 heteroatoms. The van der Waals surface area contributed by atoms with E-state index in [2.05, 4.69) is 0 Å². The Morgan fingerprint density at radius 2 is 1.73 bits per heavy atom. The molecule has 1 aromatic carbocycles. The van der Waals surface area contributed by atoms with Gasteiger partial charge in [-0.15, -0.1) is 12.4 Å². The Hall–Kier alpha value is -1.34. The molecule has 1 saturated carbocycles. The van der Waals surface area contributed by atoms with Gasteiger partial charge in [0, 0.05) is 24.2 Å². The summed E-state index contributed by atoms with van der Waals surface area (Å²) in [7, 11) is 3.87. The van der Waals surface area contributed by atoms with Crippen molar-refractivity contribution in [3.63, 3.8) is 0 Å². The van der Waals surface area contributed by atoms with E-state index in [0.717, 1.165) is 37.7 Å². The summed E-state index contributed by atoms with van der Waals surface area (Å²) >= 11 is 6.01. The zero-order chi connectivity index (χ0) is 23.3. The maximum atomic E-state index is 13.5. The Balaban J connectivity index is 0.00000385. The van der Waals surface area contributed by atoms with Crippen LogP contribution in [-0.2, 0) is 16.0 Å². The molecule has 0 radical (unpaired) electrons. The smallest absolute Gasteiger partial charge is 0.240 e. The number of hydrogen-bond donors (Lipinski definition) is 1. The fourth-order valence-electron chi connectivity index (χ4n) is 5.06. The van der Waals surface area contributed by atoms with Gasteiger partial charge in [0.15, 0.2) is 0 Å². The van der Waals surface area contributed by atoms with Gasteiger partial charge in [0.1, 0.15) is 0 Å². The molecule has 1 saturated heterocycles. The molecule has 0 aromatic heterocycles. The normalized spacial score (nSPS) is 20.9. The number of likely N-dealkylation sites (N-methyl/N-ethyl adjacent to an activating group) is 1. The quantitative estimate of drug-likeness (QED) is 0.592. The van der Waals surface area contributed by atoms with Crippen LogP contribution in [0.5, 0.6) is 0 Å². The number of aliphatic hydroxyl groups is 1. The van der Waals surface area contributed by atoms with Crippen molar-refractivity contribution in [2.75, 3.05) is 33.8 Å². The number of halogens is 2. The lowest BCUT2D eigenvalue weighted by atomic mass is 9.92. The van der Waals surface area contributed by atoms with Crippen molar-refractivity contribution in [1.29, 1.82) is 0 Å². The summed E-state index contributed by atoms with van der Waals surface area (Å²) < 4.78 is 0. The Labute approximate surface area is 209 Å². The minimum atomic E-state index is -0.402. The second-order valence-electron chi connectivity index (χ2n) is 9.66. The zero-order valence-electron chi connectivity index (χ0n) is 20.1. The average molecular weight is 501 g/mol. The molecule has 1 aromatic rings. The molecule has 1 N–H and O–H groups in total. The SMILES string of the molecule is C[C@H](CO)C(=O)N(C1CCCCC1)[C@H]1CCN(C(=O)[C@@H](Cc2ccc(Cl)cc2)N(C)C)C1.Cl. The van der Waals surface area contributed by atoms with E-state index in [9.17, 15) is 14.7 Å². The van der Waals surface area contributed by atoms with Gasteiger partial charge in [-0.05, 0) is 57.5 Å². The van der Waals surface area contributed by atoms with Crippen LogP contribution in [0.25, 0.3) is 0 Å². The molecule has 2 fully saturated rings. The number of nitrogens with zero attached hydrogens (tertiary/aromatic N) is 3. The topological polar surface area (TPSA) is 64.1 Å². The number of likely N-dealkylation sites (tertiary alicyclic amines) is 1.